The fraction of sp³-hybridized carbons (Fsp3) is 0.667. The van der Waals surface area contributed by atoms with Crippen LogP contribution in [0.5, 0.6) is 0 Å². The van der Waals surface area contributed by atoms with Gasteiger partial charge >= 0.3 is 5.97 Å². The van der Waals surface area contributed by atoms with Crippen molar-refractivity contribution in [2.75, 3.05) is 0 Å². The van der Waals surface area contributed by atoms with Gasteiger partial charge in [0.05, 0.1) is 10.7 Å². The summed E-state index contributed by atoms with van der Waals surface area (Å²) in [4.78, 5) is 20.5. The van der Waals surface area contributed by atoms with Crippen LogP contribution in [0.25, 0.3) is 0 Å². The molecule has 0 unspecified atom stereocenters. The molecule has 25 heavy (non-hydrogen) atoms. The van der Waals surface area contributed by atoms with E-state index in [1.165, 1.54) is 57.8 Å². The van der Waals surface area contributed by atoms with Gasteiger partial charge in [0.15, 0.2) is 0 Å². The normalized spacial score (nSPS) is 14.6. The third-order valence-corrected chi connectivity index (χ3v) is 4.96. The maximum atomic E-state index is 11.7. The average molecular weight is 344 g/mol. The first-order valence-electron chi connectivity index (χ1n) is 9.96. The fourth-order valence-electron chi connectivity index (χ4n) is 3.43. The van der Waals surface area contributed by atoms with Gasteiger partial charge in [0.2, 0.25) is 5.66 Å². The number of carboxylic acids is 1. The number of rotatable bonds is 13. The molecule has 0 spiro atoms. The molecule has 0 atom stereocenters. The van der Waals surface area contributed by atoms with Gasteiger partial charge in [0, 0.05) is 6.42 Å². The van der Waals surface area contributed by atoms with E-state index in [2.05, 4.69) is 16.9 Å². The summed E-state index contributed by atoms with van der Waals surface area (Å²) in [6.07, 6.45) is 14.3. The molecule has 0 radical (unpaired) electrons. The second-order valence-electron chi connectivity index (χ2n) is 7.12. The monoisotopic (exact) mass is 344 g/mol. The van der Waals surface area contributed by atoms with E-state index in [-0.39, 0.29) is 0 Å². The molecule has 0 bridgehead atoms. The zero-order valence-corrected chi connectivity index (χ0v) is 15.5. The summed E-state index contributed by atoms with van der Waals surface area (Å²) >= 11 is 0. The lowest BCUT2D eigenvalue weighted by Gasteiger charge is -2.17. The highest BCUT2D eigenvalue weighted by Crippen LogP contribution is 2.23. The maximum Gasteiger partial charge on any atom is 0.354 e. The van der Waals surface area contributed by atoms with Crippen LogP contribution >= 0.6 is 0 Å². The first-order chi connectivity index (χ1) is 12.2. The minimum absolute atomic E-state index is 0.494. The number of hydrogen-bond acceptors (Lipinski definition) is 3. The van der Waals surface area contributed by atoms with Crippen LogP contribution in [0.2, 0.25) is 0 Å². The molecular formula is C21H32N2O2. The van der Waals surface area contributed by atoms with Crippen molar-refractivity contribution in [1.29, 1.82) is 0 Å². The van der Waals surface area contributed by atoms with Crippen LogP contribution in [-0.2, 0) is 4.79 Å². The number of aliphatic carboxylic acids is 1. The van der Waals surface area contributed by atoms with Gasteiger partial charge in [-0.3, -0.25) is 0 Å². The van der Waals surface area contributed by atoms with Crippen molar-refractivity contribution in [3.63, 3.8) is 0 Å². The Morgan fingerprint density at radius 2 is 1.28 bits per heavy atom. The minimum Gasteiger partial charge on any atom is -0.478 e. The number of carboxylic acid groups (broad SMARTS) is 1. The van der Waals surface area contributed by atoms with E-state index in [0.717, 1.165) is 12.8 Å². The summed E-state index contributed by atoms with van der Waals surface area (Å²) in [6, 6.07) is 7.42. The van der Waals surface area contributed by atoms with Crippen molar-refractivity contribution in [3.8, 4) is 0 Å². The molecule has 2 rings (SSSR count). The number of benzene rings is 1. The summed E-state index contributed by atoms with van der Waals surface area (Å²) in [5.74, 6) is -0.934. The van der Waals surface area contributed by atoms with Crippen LogP contribution < -0.4 is 10.7 Å². The van der Waals surface area contributed by atoms with E-state index in [9.17, 15) is 9.90 Å². The van der Waals surface area contributed by atoms with Crippen LogP contribution in [0.1, 0.15) is 84.0 Å². The smallest absolute Gasteiger partial charge is 0.354 e. The Bertz CT molecular complexity index is 619. The van der Waals surface area contributed by atoms with Crippen molar-refractivity contribution >= 4 is 5.97 Å². The second kappa shape index (κ2) is 10.3. The van der Waals surface area contributed by atoms with E-state index in [1.807, 2.05) is 24.3 Å². The van der Waals surface area contributed by atoms with Crippen LogP contribution in [0, 0.1) is 0 Å². The Morgan fingerprint density at radius 1 is 0.840 bits per heavy atom. The lowest BCUT2D eigenvalue weighted by Crippen LogP contribution is -2.34. The van der Waals surface area contributed by atoms with Crippen LogP contribution in [0.4, 0.5) is 0 Å². The standard InChI is InChI=1S/C21H32N2O2/c1-2-3-4-5-6-7-8-9-10-11-14-17-21(20(24)25)22-18-15-12-13-16-19(18)23-21/h12-13,15-16H,2-11,14,17H2,1H3,(H,24,25). The third-order valence-electron chi connectivity index (χ3n) is 4.96. The molecule has 0 saturated heterocycles. The predicted octanol–water partition coefficient (Wildman–Crippen LogP) is 4.42. The first kappa shape index (κ1) is 19.6. The van der Waals surface area contributed by atoms with Gasteiger partial charge in [-0.2, -0.15) is 0 Å². The molecule has 1 N–H and O–H groups in total. The Morgan fingerprint density at radius 3 is 1.72 bits per heavy atom. The first-order valence-corrected chi connectivity index (χ1v) is 9.96. The molecule has 1 aliphatic heterocycles. The number of para-hydroxylation sites is 2. The molecule has 1 aromatic rings. The van der Waals surface area contributed by atoms with E-state index in [4.69, 9.17) is 0 Å². The van der Waals surface area contributed by atoms with E-state index >= 15 is 0 Å². The van der Waals surface area contributed by atoms with Gasteiger partial charge in [-0.25, -0.2) is 14.8 Å². The van der Waals surface area contributed by atoms with Crippen LogP contribution in [0.3, 0.4) is 0 Å². The summed E-state index contributed by atoms with van der Waals surface area (Å²) in [5.41, 5.74) is -1.29. The quantitative estimate of drug-likeness (QED) is 0.538. The third kappa shape index (κ3) is 5.94. The number of fused-ring (bicyclic) bond motifs is 1. The molecule has 1 heterocycles. The Kier molecular flexibility index (Phi) is 8.10. The summed E-state index contributed by atoms with van der Waals surface area (Å²) in [6.45, 7) is 2.25. The fourth-order valence-corrected chi connectivity index (χ4v) is 3.43. The Balaban J connectivity index is 1.64. The molecule has 4 heteroatoms. The SMILES string of the molecule is CCCCCCCCCCCCCC1(C(=O)O)N=c2ccccc2=N1. The van der Waals surface area contributed by atoms with E-state index in [0.29, 0.717) is 17.1 Å². The molecule has 1 aromatic carbocycles. The molecule has 0 aromatic heterocycles. The molecule has 0 amide bonds. The van der Waals surface area contributed by atoms with E-state index in [1.54, 1.807) is 0 Å². The second-order valence-corrected chi connectivity index (χ2v) is 7.12. The molecule has 0 saturated carbocycles. The van der Waals surface area contributed by atoms with Crippen molar-refractivity contribution in [2.24, 2.45) is 9.98 Å². The topological polar surface area (TPSA) is 62.0 Å². The Hall–Kier alpha value is -1.71. The van der Waals surface area contributed by atoms with E-state index < -0.39 is 11.6 Å². The highest BCUT2D eigenvalue weighted by atomic mass is 16.4. The Labute approximate surface area is 151 Å². The van der Waals surface area contributed by atoms with Gasteiger partial charge in [-0.05, 0) is 18.6 Å². The lowest BCUT2D eigenvalue weighted by atomic mass is 10.0. The molecule has 138 valence electrons. The highest BCUT2D eigenvalue weighted by Gasteiger charge is 2.39. The predicted molar refractivity (Wildman–Crippen MR) is 100 cm³/mol. The number of unbranched alkanes of at least 4 members (excludes halogenated alkanes) is 10. The molecule has 4 nitrogen and oxygen atoms in total. The van der Waals surface area contributed by atoms with Gasteiger partial charge in [0.25, 0.3) is 0 Å². The van der Waals surface area contributed by atoms with Gasteiger partial charge in [0.1, 0.15) is 0 Å². The molecule has 0 fully saturated rings. The summed E-state index contributed by atoms with van der Waals surface area (Å²) < 4.78 is 0. The lowest BCUT2D eigenvalue weighted by molar-refractivity contribution is -0.143. The largest absolute Gasteiger partial charge is 0.478 e. The number of nitrogens with zero attached hydrogens (tertiary/aromatic N) is 2. The molecular weight excluding hydrogens is 312 g/mol. The zero-order valence-electron chi connectivity index (χ0n) is 15.5. The highest BCUT2D eigenvalue weighted by molar-refractivity contribution is 5.79. The van der Waals surface area contributed by atoms with Gasteiger partial charge < -0.3 is 5.11 Å². The van der Waals surface area contributed by atoms with Crippen molar-refractivity contribution < 1.29 is 9.90 Å². The van der Waals surface area contributed by atoms with Crippen LogP contribution in [-0.4, -0.2) is 16.7 Å². The average Bonchev–Trinajstić information content (AvgIpc) is 2.99. The zero-order chi connectivity index (χ0) is 18.0. The number of hydrogen-bond donors (Lipinski definition) is 1. The van der Waals surface area contributed by atoms with Crippen molar-refractivity contribution in [3.05, 3.63) is 35.0 Å². The maximum absolute atomic E-state index is 11.7. The van der Waals surface area contributed by atoms with Crippen molar-refractivity contribution in [1.82, 2.24) is 0 Å². The summed E-state index contributed by atoms with van der Waals surface area (Å²) in [7, 11) is 0. The summed E-state index contributed by atoms with van der Waals surface area (Å²) in [5, 5.41) is 11.0. The number of carbonyl (C=O) groups is 1. The van der Waals surface area contributed by atoms with Gasteiger partial charge in [-0.1, -0.05) is 83.3 Å². The van der Waals surface area contributed by atoms with Crippen LogP contribution in [0.15, 0.2) is 34.3 Å². The van der Waals surface area contributed by atoms with Crippen molar-refractivity contribution in [2.45, 2.75) is 89.6 Å². The van der Waals surface area contributed by atoms with Gasteiger partial charge in [-0.15, -0.1) is 0 Å². The minimum atomic E-state index is -1.29. The molecule has 1 aliphatic rings. The molecule has 0 aliphatic carbocycles.